The molecular formula is C9H10F3N7O. The number of hydrogen-bond acceptors (Lipinski definition) is 7. The summed E-state index contributed by atoms with van der Waals surface area (Å²) in [4.78, 5) is 15.3. The number of nitrogen functional groups attached to an aromatic ring is 1. The van der Waals surface area contributed by atoms with Gasteiger partial charge in [0.25, 0.3) is 0 Å². The topological polar surface area (TPSA) is 104 Å². The van der Waals surface area contributed by atoms with Crippen LogP contribution in [0.3, 0.4) is 0 Å². The van der Waals surface area contributed by atoms with Crippen LogP contribution in [0, 0.1) is 0 Å². The molecule has 2 heterocycles. The average Bonchev–Trinajstić information content (AvgIpc) is 2.90. The van der Waals surface area contributed by atoms with Crippen LogP contribution in [0.2, 0.25) is 0 Å². The van der Waals surface area contributed by atoms with Gasteiger partial charge in [0, 0.05) is 12.4 Å². The number of aromatic nitrogens is 5. The molecular weight excluding hydrogens is 279 g/mol. The minimum absolute atomic E-state index is 0.0364. The first-order chi connectivity index (χ1) is 9.48. The molecule has 3 N–H and O–H groups in total. The lowest BCUT2D eigenvalue weighted by Gasteiger charge is -2.09. The molecule has 2 aromatic heterocycles. The number of halogens is 3. The molecule has 0 fully saturated rings. The molecule has 0 atom stereocenters. The average molecular weight is 289 g/mol. The van der Waals surface area contributed by atoms with Gasteiger partial charge in [-0.2, -0.15) is 28.1 Å². The van der Waals surface area contributed by atoms with Crippen LogP contribution in [0.5, 0.6) is 6.01 Å². The van der Waals surface area contributed by atoms with Gasteiger partial charge in [0.1, 0.15) is 12.9 Å². The summed E-state index contributed by atoms with van der Waals surface area (Å²) in [5.74, 6) is 5.26. The molecule has 0 bridgehead atoms. The summed E-state index contributed by atoms with van der Waals surface area (Å²) in [6, 6.07) is -0.263. The van der Waals surface area contributed by atoms with E-state index in [0.717, 1.165) is 0 Å². The lowest BCUT2D eigenvalue weighted by Crippen LogP contribution is -2.17. The van der Waals surface area contributed by atoms with Gasteiger partial charge in [-0.05, 0) is 0 Å². The van der Waals surface area contributed by atoms with Crippen LogP contribution in [0.4, 0.5) is 19.1 Å². The van der Waals surface area contributed by atoms with Crippen molar-refractivity contribution < 1.29 is 17.9 Å². The molecule has 2 aromatic rings. The van der Waals surface area contributed by atoms with Gasteiger partial charge in [0.2, 0.25) is 11.9 Å². The number of rotatable bonds is 5. The van der Waals surface area contributed by atoms with E-state index in [4.69, 9.17) is 10.6 Å². The Morgan fingerprint density at radius 1 is 1.30 bits per heavy atom. The van der Waals surface area contributed by atoms with Crippen LogP contribution in [-0.4, -0.2) is 37.3 Å². The summed E-state index contributed by atoms with van der Waals surface area (Å²) in [6.07, 6.45) is -0.965. The van der Waals surface area contributed by atoms with Gasteiger partial charge in [0.05, 0.1) is 6.42 Å². The fourth-order valence-corrected chi connectivity index (χ4v) is 1.23. The predicted octanol–water partition coefficient (Wildman–Crippen LogP) is 0.674. The largest absolute Gasteiger partial charge is 0.463 e. The molecule has 0 aromatic carbocycles. The first-order valence-corrected chi connectivity index (χ1v) is 5.38. The molecule has 0 aliphatic rings. The van der Waals surface area contributed by atoms with Crippen molar-refractivity contribution in [2.45, 2.75) is 12.6 Å². The van der Waals surface area contributed by atoms with E-state index in [1.165, 1.54) is 17.1 Å². The van der Waals surface area contributed by atoms with Crippen LogP contribution >= 0.6 is 0 Å². The van der Waals surface area contributed by atoms with Crippen molar-refractivity contribution >= 4 is 5.95 Å². The molecule has 108 valence electrons. The van der Waals surface area contributed by atoms with E-state index in [1.54, 1.807) is 6.20 Å². The van der Waals surface area contributed by atoms with E-state index in [9.17, 15) is 13.2 Å². The molecule has 0 spiro atoms. The first kappa shape index (κ1) is 14.0. The molecule has 0 unspecified atom stereocenters. The molecule has 0 aliphatic carbocycles. The molecule has 20 heavy (non-hydrogen) atoms. The van der Waals surface area contributed by atoms with Crippen LogP contribution in [0.15, 0.2) is 18.7 Å². The van der Waals surface area contributed by atoms with Gasteiger partial charge in [-0.25, -0.2) is 10.8 Å². The van der Waals surface area contributed by atoms with Crippen LogP contribution in [0.1, 0.15) is 6.42 Å². The van der Waals surface area contributed by atoms with E-state index >= 15 is 0 Å². The van der Waals surface area contributed by atoms with Crippen LogP contribution < -0.4 is 16.0 Å². The Morgan fingerprint density at radius 2 is 2.10 bits per heavy atom. The third-order valence-electron chi connectivity index (χ3n) is 2.08. The summed E-state index contributed by atoms with van der Waals surface area (Å²) in [5.41, 5.74) is 2.18. The highest BCUT2D eigenvalue weighted by Gasteiger charge is 2.27. The quantitative estimate of drug-likeness (QED) is 0.616. The maximum absolute atomic E-state index is 12.0. The number of hydrogen-bond donors (Lipinski definition) is 2. The van der Waals surface area contributed by atoms with Crippen molar-refractivity contribution in [1.82, 2.24) is 24.5 Å². The van der Waals surface area contributed by atoms with Gasteiger partial charge in [-0.15, -0.1) is 0 Å². The summed E-state index contributed by atoms with van der Waals surface area (Å²) in [7, 11) is 0. The number of imidazole rings is 1. The lowest BCUT2D eigenvalue weighted by molar-refractivity contribution is -0.139. The number of nitrogens with one attached hydrogen (secondary N) is 1. The second kappa shape index (κ2) is 5.69. The molecule has 11 heteroatoms. The minimum atomic E-state index is -4.31. The van der Waals surface area contributed by atoms with Crippen LogP contribution in [0.25, 0.3) is 5.95 Å². The van der Waals surface area contributed by atoms with E-state index in [-0.39, 0.29) is 17.9 Å². The summed E-state index contributed by atoms with van der Waals surface area (Å²) >= 11 is 0. The predicted molar refractivity (Wildman–Crippen MR) is 60.9 cm³/mol. The third kappa shape index (κ3) is 3.78. The fraction of sp³-hybridized carbons (Fsp3) is 0.333. The number of ether oxygens (including phenoxy) is 1. The molecule has 0 amide bonds. The molecule has 0 radical (unpaired) electrons. The summed E-state index contributed by atoms with van der Waals surface area (Å²) < 4.78 is 42.4. The van der Waals surface area contributed by atoms with Crippen molar-refractivity contribution in [3.05, 3.63) is 18.7 Å². The molecule has 0 aliphatic heterocycles. The number of alkyl halides is 3. The Morgan fingerprint density at radius 3 is 2.70 bits per heavy atom. The van der Waals surface area contributed by atoms with Gasteiger partial charge in [-0.1, -0.05) is 0 Å². The SMILES string of the molecule is NNc1nc(OCCC(F)(F)F)nc(-n2ccnc2)n1. The van der Waals surface area contributed by atoms with Gasteiger partial charge >= 0.3 is 12.2 Å². The van der Waals surface area contributed by atoms with Crippen LogP contribution in [-0.2, 0) is 0 Å². The first-order valence-electron chi connectivity index (χ1n) is 5.38. The van der Waals surface area contributed by atoms with Crippen molar-refractivity contribution in [1.29, 1.82) is 0 Å². The molecule has 0 saturated heterocycles. The Hall–Kier alpha value is -2.43. The van der Waals surface area contributed by atoms with E-state index in [1.807, 2.05) is 0 Å². The highest BCUT2D eigenvalue weighted by atomic mass is 19.4. The fourth-order valence-electron chi connectivity index (χ4n) is 1.23. The number of nitrogens with zero attached hydrogens (tertiary/aromatic N) is 5. The molecule has 0 saturated carbocycles. The number of hydrazine groups is 1. The van der Waals surface area contributed by atoms with Gasteiger partial charge in [0.15, 0.2) is 0 Å². The monoisotopic (exact) mass is 289 g/mol. The normalized spacial score (nSPS) is 11.4. The zero-order chi connectivity index (χ0) is 14.6. The van der Waals surface area contributed by atoms with Crippen molar-refractivity contribution in [3.63, 3.8) is 0 Å². The standard InChI is InChI=1S/C9H10F3N7O/c10-9(11,12)1-4-20-8-16-6(18-13)15-7(17-8)19-3-2-14-5-19/h2-3,5H,1,4,13H2,(H,15,16,17,18). The highest BCUT2D eigenvalue weighted by Crippen LogP contribution is 2.19. The Labute approximate surface area is 110 Å². The van der Waals surface area contributed by atoms with Crippen molar-refractivity contribution in [2.75, 3.05) is 12.0 Å². The van der Waals surface area contributed by atoms with Crippen molar-refractivity contribution in [3.8, 4) is 12.0 Å². The zero-order valence-corrected chi connectivity index (χ0v) is 10.0. The maximum Gasteiger partial charge on any atom is 0.392 e. The van der Waals surface area contributed by atoms with E-state index in [0.29, 0.717) is 0 Å². The zero-order valence-electron chi connectivity index (χ0n) is 10.0. The second-order valence-electron chi connectivity index (χ2n) is 3.57. The summed E-state index contributed by atoms with van der Waals surface area (Å²) in [6.45, 7) is -0.596. The third-order valence-corrected chi connectivity index (χ3v) is 2.08. The van der Waals surface area contributed by atoms with E-state index in [2.05, 4.69) is 25.4 Å². The second-order valence-corrected chi connectivity index (χ2v) is 3.57. The Bertz CT molecular complexity index is 557. The smallest absolute Gasteiger partial charge is 0.392 e. The highest BCUT2D eigenvalue weighted by molar-refractivity contribution is 5.28. The van der Waals surface area contributed by atoms with Crippen molar-refractivity contribution in [2.24, 2.45) is 5.84 Å². The molecule has 2 rings (SSSR count). The summed E-state index contributed by atoms with van der Waals surface area (Å²) in [5, 5.41) is 0. The minimum Gasteiger partial charge on any atom is -0.463 e. The molecule has 8 nitrogen and oxygen atoms in total. The number of anilines is 1. The Balaban J connectivity index is 2.14. The van der Waals surface area contributed by atoms with Gasteiger partial charge < -0.3 is 4.74 Å². The Kier molecular flexibility index (Phi) is 3.98. The van der Waals surface area contributed by atoms with Gasteiger partial charge in [-0.3, -0.25) is 9.99 Å². The maximum atomic E-state index is 12.0. The lowest BCUT2D eigenvalue weighted by atomic mass is 10.4. The number of nitrogens with two attached hydrogens (primary N) is 1. The van der Waals surface area contributed by atoms with E-state index < -0.39 is 19.2 Å².